The molecule has 32 heavy (non-hydrogen) atoms. The molecule has 0 unspecified atom stereocenters. The summed E-state index contributed by atoms with van der Waals surface area (Å²) >= 11 is 3.28. The Bertz CT molecular complexity index is 1170. The van der Waals surface area contributed by atoms with Gasteiger partial charge in [-0.3, -0.25) is 9.59 Å². The van der Waals surface area contributed by atoms with Gasteiger partial charge < -0.3 is 10.1 Å². The van der Waals surface area contributed by atoms with Crippen molar-refractivity contribution >= 4 is 39.9 Å². The van der Waals surface area contributed by atoms with Crippen molar-refractivity contribution in [3.8, 4) is 5.75 Å². The van der Waals surface area contributed by atoms with Crippen LogP contribution in [-0.2, 0) is 4.79 Å². The summed E-state index contributed by atoms with van der Waals surface area (Å²) in [5.41, 5.74) is 3.46. The second kappa shape index (κ2) is 11.0. The molecule has 0 saturated heterocycles. The zero-order valence-electron chi connectivity index (χ0n) is 16.5. The number of benzene rings is 3. The predicted octanol–water partition coefficient (Wildman–Crippen LogP) is 3.69. The number of hydrogen-bond donors (Lipinski definition) is 2. The molecular weight excluding hydrogens is 481 g/mol. The summed E-state index contributed by atoms with van der Waals surface area (Å²) in [4.78, 5) is 35.9. The van der Waals surface area contributed by atoms with Crippen molar-refractivity contribution in [1.29, 1.82) is 0 Å². The Kier molecular flexibility index (Phi) is 7.82. The SMILES string of the molecule is O=C(CNC(=O)c1ccccc1Br)N/N=C\c1ccc(OC(=O)c2cccc(F)c2)cc1. The van der Waals surface area contributed by atoms with Gasteiger partial charge in [0, 0.05) is 4.47 Å². The highest BCUT2D eigenvalue weighted by atomic mass is 79.9. The number of carbonyl (C=O) groups excluding carboxylic acids is 3. The van der Waals surface area contributed by atoms with Gasteiger partial charge in [0.05, 0.1) is 23.9 Å². The lowest BCUT2D eigenvalue weighted by molar-refractivity contribution is -0.120. The molecule has 3 aromatic rings. The molecule has 0 bridgehead atoms. The summed E-state index contributed by atoms with van der Waals surface area (Å²) < 4.78 is 19.0. The molecule has 0 heterocycles. The van der Waals surface area contributed by atoms with Gasteiger partial charge in [-0.25, -0.2) is 14.6 Å². The highest BCUT2D eigenvalue weighted by Gasteiger charge is 2.11. The number of hydrazone groups is 1. The Balaban J connectivity index is 1.46. The minimum atomic E-state index is -0.678. The predicted molar refractivity (Wildman–Crippen MR) is 120 cm³/mol. The van der Waals surface area contributed by atoms with Crippen LogP contribution in [0.5, 0.6) is 5.75 Å². The van der Waals surface area contributed by atoms with Crippen LogP contribution in [0.15, 0.2) is 82.4 Å². The Labute approximate surface area is 191 Å². The molecular formula is C23H17BrFN3O4. The highest BCUT2D eigenvalue weighted by Crippen LogP contribution is 2.15. The Morgan fingerprint density at radius 1 is 1.00 bits per heavy atom. The van der Waals surface area contributed by atoms with Crippen LogP contribution >= 0.6 is 15.9 Å². The first-order valence-electron chi connectivity index (χ1n) is 9.35. The molecule has 0 saturated carbocycles. The van der Waals surface area contributed by atoms with Crippen LogP contribution in [0.1, 0.15) is 26.3 Å². The van der Waals surface area contributed by atoms with E-state index < -0.39 is 17.7 Å². The van der Waals surface area contributed by atoms with Crippen molar-refractivity contribution in [3.63, 3.8) is 0 Å². The molecule has 9 heteroatoms. The van der Waals surface area contributed by atoms with Crippen LogP contribution in [-0.4, -0.2) is 30.5 Å². The molecule has 0 aromatic heterocycles. The highest BCUT2D eigenvalue weighted by molar-refractivity contribution is 9.10. The van der Waals surface area contributed by atoms with Crippen LogP contribution in [0.3, 0.4) is 0 Å². The lowest BCUT2D eigenvalue weighted by Crippen LogP contribution is -2.35. The molecule has 0 aliphatic carbocycles. The molecule has 0 atom stereocenters. The van der Waals surface area contributed by atoms with Gasteiger partial charge in [-0.15, -0.1) is 0 Å². The zero-order chi connectivity index (χ0) is 22.9. The summed E-state index contributed by atoms with van der Waals surface area (Å²) in [6.07, 6.45) is 1.39. The number of rotatable bonds is 7. The average molecular weight is 498 g/mol. The molecule has 162 valence electrons. The maximum absolute atomic E-state index is 13.2. The summed E-state index contributed by atoms with van der Waals surface area (Å²) in [7, 11) is 0. The monoisotopic (exact) mass is 497 g/mol. The second-order valence-electron chi connectivity index (χ2n) is 6.42. The van der Waals surface area contributed by atoms with E-state index in [9.17, 15) is 18.8 Å². The minimum Gasteiger partial charge on any atom is -0.423 e. The van der Waals surface area contributed by atoms with Crippen molar-refractivity contribution in [2.75, 3.05) is 6.54 Å². The number of halogens is 2. The Morgan fingerprint density at radius 2 is 1.75 bits per heavy atom. The third kappa shape index (κ3) is 6.58. The number of nitrogens with one attached hydrogen (secondary N) is 2. The van der Waals surface area contributed by atoms with E-state index in [4.69, 9.17) is 4.74 Å². The third-order valence-electron chi connectivity index (χ3n) is 4.08. The summed E-state index contributed by atoms with van der Waals surface area (Å²) in [5, 5.41) is 6.33. The van der Waals surface area contributed by atoms with Gasteiger partial charge in [0.15, 0.2) is 0 Å². The Hall–Kier alpha value is -3.85. The molecule has 3 aromatic carbocycles. The minimum absolute atomic E-state index is 0.102. The number of amides is 2. The first-order valence-corrected chi connectivity index (χ1v) is 10.1. The summed E-state index contributed by atoms with van der Waals surface area (Å²) in [6.45, 7) is -0.244. The molecule has 0 fully saturated rings. The van der Waals surface area contributed by atoms with Gasteiger partial charge >= 0.3 is 5.97 Å². The normalized spacial score (nSPS) is 10.6. The van der Waals surface area contributed by atoms with Gasteiger partial charge in [-0.1, -0.05) is 18.2 Å². The number of hydrogen-bond acceptors (Lipinski definition) is 5. The lowest BCUT2D eigenvalue weighted by Gasteiger charge is -2.06. The van der Waals surface area contributed by atoms with Gasteiger partial charge in [0.2, 0.25) is 0 Å². The van der Waals surface area contributed by atoms with E-state index in [0.29, 0.717) is 15.6 Å². The van der Waals surface area contributed by atoms with Crippen molar-refractivity contribution in [2.24, 2.45) is 5.10 Å². The third-order valence-corrected chi connectivity index (χ3v) is 4.77. The van der Waals surface area contributed by atoms with Crippen LogP contribution < -0.4 is 15.5 Å². The average Bonchev–Trinajstić information content (AvgIpc) is 2.79. The van der Waals surface area contributed by atoms with Crippen LogP contribution in [0.2, 0.25) is 0 Å². The van der Waals surface area contributed by atoms with Crippen molar-refractivity contribution in [1.82, 2.24) is 10.7 Å². The Morgan fingerprint density at radius 3 is 2.47 bits per heavy atom. The first-order chi connectivity index (χ1) is 15.4. The summed E-state index contributed by atoms with van der Waals surface area (Å²) in [6, 6.07) is 18.4. The number of ether oxygens (including phenoxy) is 1. The zero-order valence-corrected chi connectivity index (χ0v) is 18.1. The summed E-state index contributed by atoms with van der Waals surface area (Å²) in [5.74, 6) is -1.82. The lowest BCUT2D eigenvalue weighted by atomic mass is 10.2. The van der Waals surface area contributed by atoms with E-state index in [-0.39, 0.29) is 23.8 Å². The largest absolute Gasteiger partial charge is 0.423 e. The number of carbonyl (C=O) groups is 3. The molecule has 0 aliphatic rings. The second-order valence-corrected chi connectivity index (χ2v) is 7.28. The molecule has 0 spiro atoms. The molecule has 7 nitrogen and oxygen atoms in total. The first kappa shape index (κ1) is 22.8. The quantitative estimate of drug-likeness (QED) is 0.225. The van der Waals surface area contributed by atoms with Crippen molar-refractivity contribution in [2.45, 2.75) is 0 Å². The number of esters is 1. The van der Waals surface area contributed by atoms with Crippen LogP contribution in [0.4, 0.5) is 4.39 Å². The van der Waals surface area contributed by atoms with Crippen LogP contribution in [0.25, 0.3) is 0 Å². The van der Waals surface area contributed by atoms with Crippen LogP contribution in [0, 0.1) is 5.82 Å². The molecule has 3 rings (SSSR count). The van der Waals surface area contributed by atoms with E-state index in [2.05, 4.69) is 31.8 Å². The smallest absolute Gasteiger partial charge is 0.343 e. The van der Waals surface area contributed by atoms with E-state index in [1.807, 2.05) is 0 Å². The van der Waals surface area contributed by atoms with E-state index in [1.54, 1.807) is 36.4 Å². The fourth-order valence-corrected chi connectivity index (χ4v) is 2.99. The van der Waals surface area contributed by atoms with Gasteiger partial charge in [-0.05, 0) is 76.1 Å². The van der Waals surface area contributed by atoms with E-state index in [1.165, 1.54) is 36.5 Å². The van der Waals surface area contributed by atoms with E-state index >= 15 is 0 Å². The van der Waals surface area contributed by atoms with Crippen molar-refractivity contribution < 1.29 is 23.5 Å². The molecule has 2 amide bonds. The topological polar surface area (TPSA) is 96.9 Å². The maximum atomic E-state index is 13.2. The van der Waals surface area contributed by atoms with Crippen molar-refractivity contribution in [3.05, 3.63) is 99.8 Å². The van der Waals surface area contributed by atoms with Gasteiger partial charge in [-0.2, -0.15) is 5.10 Å². The van der Waals surface area contributed by atoms with Gasteiger partial charge in [0.25, 0.3) is 11.8 Å². The number of nitrogens with zero attached hydrogens (tertiary/aromatic N) is 1. The van der Waals surface area contributed by atoms with E-state index in [0.717, 1.165) is 6.07 Å². The molecule has 0 radical (unpaired) electrons. The van der Waals surface area contributed by atoms with Gasteiger partial charge in [0.1, 0.15) is 11.6 Å². The maximum Gasteiger partial charge on any atom is 0.343 e. The molecule has 0 aliphatic heterocycles. The fourth-order valence-electron chi connectivity index (χ4n) is 2.52. The fraction of sp³-hybridized carbons (Fsp3) is 0.0435. The molecule has 2 N–H and O–H groups in total. The standard InChI is InChI=1S/C23H17BrFN3O4/c24-20-7-2-1-6-19(20)22(30)26-14-21(29)28-27-13-15-8-10-18(11-9-15)32-23(31)16-4-3-5-17(25)12-16/h1-13H,14H2,(H,26,30)(H,28,29)/b27-13-.